The number of hydrogen-bond acceptors (Lipinski definition) is 4. The summed E-state index contributed by atoms with van der Waals surface area (Å²) in [7, 11) is 0. The molecule has 1 aromatic rings. The maximum absolute atomic E-state index is 12.1. The number of nitrogens with one attached hydrogen (secondary N) is 2. The van der Waals surface area contributed by atoms with E-state index in [1.807, 2.05) is 0 Å². The number of piperidine rings is 1. The summed E-state index contributed by atoms with van der Waals surface area (Å²) in [6, 6.07) is 7.06. The first kappa shape index (κ1) is 18.5. The van der Waals surface area contributed by atoms with E-state index >= 15 is 0 Å². The zero-order chi connectivity index (χ0) is 15.2. The zero-order valence-corrected chi connectivity index (χ0v) is 13.7. The molecule has 2 N–H and O–H groups in total. The fourth-order valence-corrected chi connectivity index (χ4v) is 2.34. The van der Waals surface area contributed by atoms with Gasteiger partial charge in [-0.15, -0.1) is 12.4 Å². The van der Waals surface area contributed by atoms with Gasteiger partial charge in [0.05, 0.1) is 0 Å². The highest BCUT2D eigenvalue weighted by Crippen LogP contribution is 2.15. The predicted octanol–water partition coefficient (Wildman–Crippen LogP) is 1.95. The van der Waals surface area contributed by atoms with Gasteiger partial charge in [-0.1, -0.05) is 12.1 Å². The molecule has 1 aliphatic rings. The molecular weight excluding hydrogens is 304 g/mol. The molecule has 0 spiro atoms. The Bertz CT molecular complexity index is 516. The Morgan fingerprint density at radius 3 is 2.82 bits per heavy atom. The van der Waals surface area contributed by atoms with E-state index in [1.165, 1.54) is 6.92 Å². The van der Waals surface area contributed by atoms with Crippen LogP contribution in [0.15, 0.2) is 24.3 Å². The zero-order valence-electron chi connectivity index (χ0n) is 12.9. The molecule has 5 nitrogen and oxygen atoms in total. The SMILES string of the molecule is CC(=O)c1cccc(OC(C)C(=O)NC2CCCNC2)c1.Cl. The van der Waals surface area contributed by atoms with Crippen LogP contribution in [-0.4, -0.2) is 36.9 Å². The lowest BCUT2D eigenvalue weighted by Crippen LogP contribution is -2.49. The average Bonchev–Trinajstić information content (AvgIpc) is 2.48. The molecule has 2 unspecified atom stereocenters. The van der Waals surface area contributed by atoms with E-state index in [0.717, 1.165) is 25.9 Å². The Labute approximate surface area is 137 Å². The largest absolute Gasteiger partial charge is 0.481 e. The minimum absolute atomic E-state index is 0. The third-order valence-corrected chi connectivity index (χ3v) is 3.57. The van der Waals surface area contributed by atoms with Crippen molar-refractivity contribution < 1.29 is 14.3 Å². The van der Waals surface area contributed by atoms with Gasteiger partial charge in [0.1, 0.15) is 5.75 Å². The monoisotopic (exact) mass is 326 g/mol. The summed E-state index contributed by atoms with van der Waals surface area (Å²) in [5.41, 5.74) is 0.580. The van der Waals surface area contributed by atoms with Crippen LogP contribution in [0, 0.1) is 0 Å². The number of amides is 1. The minimum atomic E-state index is -0.589. The van der Waals surface area contributed by atoms with Gasteiger partial charge in [0.25, 0.3) is 5.91 Å². The molecule has 6 heteroatoms. The molecule has 1 heterocycles. The molecule has 1 fully saturated rings. The topological polar surface area (TPSA) is 67.4 Å². The van der Waals surface area contributed by atoms with Gasteiger partial charge in [0.2, 0.25) is 0 Å². The molecule has 22 heavy (non-hydrogen) atoms. The molecule has 1 aliphatic heterocycles. The second kappa shape index (κ2) is 8.76. The summed E-state index contributed by atoms with van der Waals surface area (Å²) in [5.74, 6) is 0.384. The minimum Gasteiger partial charge on any atom is -0.481 e. The molecule has 0 radical (unpaired) electrons. The van der Waals surface area contributed by atoms with Crippen LogP contribution in [0.3, 0.4) is 0 Å². The molecule has 2 atom stereocenters. The molecule has 2 rings (SSSR count). The van der Waals surface area contributed by atoms with Crippen molar-refractivity contribution in [3.8, 4) is 5.75 Å². The van der Waals surface area contributed by atoms with E-state index in [1.54, 1.807) is 31.2 Å². The number of ether oxygens (including phenoxy) is 1. The van der Waals surface area contributed by atoms with Gasteiger partial charge >= 0.3 is 0 Å². The average molecular weight is 327 g/mol. The quantitative estimate of drug-likeness (QED) is 0.812. The van der Waals surface area contributed by atoms with Gasteiger partial charge in [-0.3, -0.25) is 9.59 Å². The first-order valence-corrected chi connectivity index (χ1v) is 7.35. The predicted molar refractivity (Wildman–Crippen MR) is 87.8 cm³/mol. The molecule has 122 valence electrons. The molecule has 1 aromatic carbocycles. The fourth-order valence-electron chi connectivity index (χ4n) is 2.34. The third kappa shape index (κ3) is 5.31. The van der Waals surface area contributed by atoms with E-state index in [9.17, 15) is 9.59 Å². The van der Waals surface area contributed by atoms with Crippen molar-refractivity contribution in [2.75, 3.05) is 13.1 Å². The van der Waals surface area contributed by atoms with Gasteiger partial charge in [-0.25, -0.2) is 0 Å². The Hall–Kier alpha value is -1.59. The first-order chi connectivity index (χ1) is 10.1. The van der Waals surface area contributed by atoms with E-state index in [0.29, 0.717) is 11.3 Å². The Morgan fingerprint density at radius 2 is 2.18 bits per heavy atom. The van der Waals surface area contributed by atoms with Crippen LogP contribution in [0.5, 0.6) is 5.75 Å². The summed E-state index contributed by atoms with van der Waals surface area (Å²) < 4.78 is 5.62. The fraction of sp³-hybridized carbons (Fsp3) is 0.500. The molecule has 1 saturated heterocycles. The second-order valence-corrected chi connectivity index (χ2v) is 5.40. The third-order valence-electron chi connectivity index (χ3n) is 3.57. The van der Waals surface area contributed by atoms with Crippen molar-refractivity contribution in [1.29, 1.82) is 0 Å². The van der Waals surface area contributed by atoms with E-state index < -0.39 is 6.10 Å². The van der Waals surface area contributed by atoms with Crippen molar-refractivity contribution >= 4 is 24.1 Å². The maximum Gasteiger partial charge on any atom is 0.261 e. The molecule has 1 amide bonds. The van der Waals surface area contributed by atoms with Gasteiger partial charge in [-0.05, 0) is 45.4 Å². The number of carbonyl (C=O) groups excluding carboxylic acids is 2. The number of ketones is 1. The summed E-state index contributed by atoms with van der Waals surface area (Å²) in [6.45, 7) is 5.03. The smallest absolute Gasteiger partial charge is 0.261 e. The summed E-state index contributed by atoms with van der Waals surface area (Å²) in [5, 5.41) is 6.24. The summed E-state index contributed by atoms with van der Waals surface area (Å²) in [4.78, 5) is 23.4. The highest BCUT2D eigenvalue weighted by atomic mass is 35.5. The number of benzene rings is 1. The van der Waals surface area contributed by atoms with Gasteiger partial charge in [0.15, 0.2) is 11.9 Å². The number of rotatable bonds is 5. The van der Waals surface area contributed by atoms with Crippen LogP contribution in [0.4, 0.5) is 0 Å². The Morgan fingerprint density at radius 1 is 1.41 bits per heavy atom. The van der Waals surface area contributed by atoms with Crippen molar-refractivity contribution in [2.45, 2.75) is 38.8 Å². The van der Waals surface area contributed by atoms with Crippen LogP contribution < -0.4 is 15.4 Å². The molecule has 0 aromatic heterocycles. The summed E-state index contributed by atoms with van der Waals surface area (Å²) in [6.07, 6.45) is 1.47. The van der Waals surface area contributed by atoms with Gasteiger partial charge < -0.3 is 15.4 Å². The lowest BCUT2D eigenvalue weighted by Gasteiger charge is -2.25. The molecule has 0 aliphatic carbocycles. The Kier molecular flexibility index (Phi) is 7.35. The Balaban J connectivity index is 0.00000242. The summed E-state index contributed by atoms with van der Waals surface area (Å²) >= 11 is 0. The van der Waals surface area contributed by atoms with Crippen LogP contribution in [0.25, 0.3) is 0 Å². The highest BCUT2D eigenvalue weighted by Gasteiger charge is 2.20. The molecule has 0 bridgehead atoms. The number of halogens is 1. The van der Waals surface area contributed by atoms with E-state index in [2.05, 4.69) is 10.6 Å². The van der Waals surface area contributed by atoms with E-state index in [-0.39, 0.29) is 30.1 Å². The van der Waals surface area contributed by atoms with E-state index in [4.69, 9.17) is 4.74 Å². The second-order valence-electron chi connectivity index (χ2n) is 5.40. The number of carbonyl (C=O) groups is 2. The van der Waals surface area contributed by atoms with Crippen molar-refractivity contribution in [1.82, 2.24) is 10.6 Å². The standard InChI is InChI=1S/C16H22N2O3.ClH/c1-11(19)13-5-3-7-15(9-13)21-12(2)16(20)18-14-6-4-8-17-10-14;/h3,5,7,9,12,14,17H,4,6,8,10H2,1-2H3,(H,18,20);1H. The lowest BCUT2D eigenvalue weighted by atomic mass is 10.1. The molecule has 0 saturated carbocycles. The number of hydrogen-bond donors (Lipinski definition) is 2. The number of Topliss-reactive ketones (excluding diaryl/α,β-unsaturated/α-hetero) is 1. The molecular formula is C16H23ClN2O3. The van der Waals surface area contributed by atoms with Crippen molar-refractivity contribution in [3.63, 3.8) is 0 Å². The lowest BCUT2D eigenvalue weighted by molar-refractivity contribution is -0.128. The van der Waals surface area contributed by atoms with Crippen molar-refractivity contribution in [2.24, 2.45) is 0 Å². The van der Waals surface area contributed by atoms with Crippen molar-refractivity contribution in [3.05, 3.63) is 29.8 Å². The van der Waals surface area contributed by atoms with Gasteiger partial charge in [-0.2, -0.15) is 0 Å². The highest BCUT2D eigenvalue weighted by molar-refractivity contribution is 5.94. The first-order valence-electron chi connectivity index (χ1n) is 7.35. The van der Waals surface area contributed by atoms with Gasteiger partial charge in [0, 0.05) is 18.2 Å². The van der Waals surface area contributed by atoms with Crippen LogP contribution in [-0.2, 0) is 4.79 Å². The normalized spacial score (nSPS) is 18.7. The van der Waals surface area contributed by atoms with Crippen LogP contribution in [0.2, 0.25) is 0 Å². The maximum atomic E-state index is 12.1. The van der Waals surface area contributed by atoms with Crippen LogP contribution >= 0.6 is 12.4 Å². The van der Waals surface area contributed by atoms with Crippen LogP contribution in [0.1, 0.15) is 37.0 Å².